The molecule has 1 heterocycles. The van der Waals surface area contributed by atoms with Crippen molar-refractivity contribution in [1.82, 2.24) is 4.90 Å². The zero-order valence-corrected chi connectivity index (χ0v) is 19.3. The maximum Gasteiger partial charge on any atom is 0.266 e. The Labute approximate surface area is 198 Å². The van der Waals surface area contributed by atoms with E-state index < -0.39 is 0 Å². The molecule has 0 radical (unpaired) electrons. The molecule has 0 aliphatic carbocycles. The summed E-state index contributed by atoms with van der Waals surface area (Å²) in [6, 6.07) is 25.1. The number of likely N-dealkylation sites (N-methyl/N-ethyl adjacent to an activating group) is 1. The maximum absolute atomic E-state index is 12.8. The van der Waals surface area contributed by atoms with Gasteiger partial charge in [0.05, 0.1) is 22.2 Å². The Hall–Kier alpha value is -3.82. The van der Waals surface area contributed by atoms with E-state index in [0.29, 0.717) is 28.0 Å². The van der Waals surface area contributed by atoms with E-state index in [9.17, 15) is 10.1 Å². The third-order valence-corrected chi connectivity index (χ3v) is 6.36. The van der Waals surface area contributed by atoms with Crippen molar-refractivity contribution in [1.29, 1.82) is 5.26 Å². The van der Waals surface area contributed by atoms with E-state index in [2.05, 4.69) is 19.1 Å². The van der Waals surface area contributed by atoms with Gasteiger partial charge >= 0.3 is 0 Å². The summed E-state index contributed by atoms with van der Waals surface area (Å²) in [6.07, 6.45) is 2.75. The van der Waals surface area contributed by atoms with Crippen molar-refractivity contribution in [2.75, 3.05) is 7.05 Å². The van der Waals surface area contributed by atoms with Crippen LogP contribution in [0.25, 0.3) is 6.08 Å². The molecule has 1 saturated heterocycles. The second-order valence-corrected chi connectivity index (χ2v) is 8.49. The first-order chi connectivity index (χ1) is 16.1. The van der Waals surface area contributed by atoms with Crippen molar-refractivity contribution in [2.45, 2.75) is 20.0 Å². The zero-order valence-electron chi connectivity index (χ0n) is 18.5. The second-order valence-electron chi connectivity index (χ2n) is 7.48. The number of aliphatic imine (C=N–C) groups is 1. The van der Waals surface area contributed by atoms with Gasteiger partial charge in [0.15, 0.2) is 5.17 Å². The highest BCUT2D eigenvalue weighted by Crippen LogP contribution is 2.34. The zero-order chi connectivity index (χ0) is 23.2. The summed E-state index contributed by atoms with van der Waals surface area (Å²) >= 11 is 1.38. The largest absolute Gasteiger partial charge is 0.489 e. The number of ether oxygens (including phenoxy) is 1. The van der Waals surface area contributed by atoms with Gasteiger partial charge in [-0.05, 0) is 59.7 Å². The fraction of sp³-hybridized carbons (Fsp3) is 0.148. The molecule has 3 aromatic carbocycles. The Balaban J connectivity index is 1.47. The molecule has 6 heteroatoms. The molecule has 1 fully saturated rings. The fourth-order valence-electron chi connectivity index (χ4n) is 3.40. The third kappa shape index (κ3) is 5.16. The van der Waals surface area contributed by atoms with Crippen molar-refractivity contribution in [3.8, 4) is 11.8 Å². The molecule has 4 rings (SSSR count). The lowest BCUT2D eigenvalue weighted by Crippen LogP contribution is -2.23. The first-order valence-electron chi connectivity index (χ1n) is 10.6. The number of aryl methyl sites for hydroxylation is 1. The number of nitriles is 1. The summed E-state index contributed by atoms with van der Waals surface area (Å²) in [4.78, 5) is 19.7. The van der Waals surface area contributed by atoms with Crippen LogP contribution in [0.5, 0.6) is 5.75 Å². The fourth-order valence-corrected chi connectivity index (χ4v) is 4.38. The molecule has 164 valence electrons. The van der Waals surface area contributed by atoms with Gasteiger partial charge in [-0.25, -0.2) is 4.99 Å². The number of hydrogen-bond acceptors (Lipinski definition) is 5. The van der Waals surface area contributed by atoms with Gasteiger partial charge in [0, 0.05) is 12.6 Å². The van der Waals surface area contributed by atoms with E-state index in [1.807, 2.05) is 66.7 Å². The highest BCUT2D eigenvalue weighted by molar-refractivity contribution is 8.18. The molecule has 1 amide bonds. The summed E-state index contributed by atoms with van der Waals surface area (Å²) in [5.74, 6) is 0.631. The Morgan fingerprint density at radius 1 is 1.03 bits per heavy atom. The highest BCUT2D eigenvalue weighted by Gasteiger charge is 2.30. The molecule has 0 unspecified atom stereocenters. The number of carbonyl (C=O) groups is 1. The third-order valence-electron chi connectivity index (χ3n) is 5.30. The number of hydrogen-bond donors (Lipinski definition) is 0. The number of rotatable bonds is 6. The van der Waals surface area contributed by atoms with Crippen molar-refractivity contribution < 1.29 is 9.53 Å². The van der Waals surface area contributed by atoms with Crippen molar-refractivity contribution >= 4 is 34.6 Å². The summed E-state index contributed by atoms with van der Waals surface area (Å²) in [6.45, 7) is 2.42. The standard InChI is InChI=1S/C27H23N3O2S/c1-3-20-8-6-7-11-24(20)29-27-30(2)26(31)25(33-27)16-19-12-14-23(15-13-19)32-18-22-10-5-4-9-21(22)17-28/h4-16H,3,18H2,1-2H3/b25-16+,29-27?. The van der Waals surface area contributed by atoms with Crippen LogP contribution in [-0.4, -0.2) is 23.0 Å². The lowest BCUT2D eigenvalue weighted by atomic mass is 10.1. The van der Waals surface area contributed by atoms with Gasteiger partial charge in [0.2, 0.25) is 0 Å². The van der Waals surface area contributed by atoms with Gasteiger partial charge in [-0.1, -0.05) is 55.5 Å². The SMILES string of the molecule is CCc1ccccc1N=C1S/C(=C/c2ccc(OCc3ccccc3C#N)cc2)C(=O)N1C. The molecule has 33 heavy (non-hydrogen) atoms. The number of nitrogens with zero attached hydrogens (tertiary/aromatic N) is 3. The number of benzene rings is 3. The first kappa shape index (κ1) is 22.4. The first-order valence-corrected chi connectivity index (χ1v) is 11.5. The molecule has 0 saturated carbocycles. The van der Waals surface area contributed by atoms with Gasteiger partial charge in [0.1, 0.15) is 12.4 Å². The van der Waals surface area contributed by atoms with E-state index >= 15 is 0 Å². The van der Waals surface area contributed by atoms with Crippen LogP contribution in [0.4, 0.5) is 5.69 Å². The summed E-state index contributed by atoms with van der Waals surface area (Å²) in [7, 11) is 1.75. The molecule has 0 aromatic heterocycles. The molecular formula is C27H23N3O2S. The summed E-state index contributed by atoms with van der Waals surface area (Å²) < 4.78 is 5.83. The molecule has 0 atom stereocenters. The van der Waals surface area contributed by atoms with E-state index in [4.69, 9.17) is 9.73 Å². The van der Waals surface area contributed by atoms with Gasteiger partial charge in [-0.15, -0.1) is 0 Å². The highest BCUT2D eigenvalue weighted by atomic mass is 32.2. The molecular weight excluding hydrogens is 430 g/mol. The van der Waals surface area contributed by atoms with Crippen LogP contribution < -0.4 is 4.74 Å². The Bertz CT molecular complexity index is 1270. The second kappa shape index (κ2) is 10.2. The van der Waals surface area contributed by atoms with Crippen molar-refractivity contribution in [3.05, 3.63) is 100.0 Å². The molecule has 1 aliphatic rings. The summed E-state index contributed by atoms with van der Waals surface area (Å²) in [5.41, 5.74) is 4.40. The van der Waals surface area contributed by atoms with Crippen LogP contribution in [0.1, 0.15) is 29.2 Å². The maximum atomic E-state index is 12.8. The molecule has 0 bridgehead atoms. The molecule has 1 aliphatic heterocycles. The lowest BCUT2D eigenvalue weighted by Gasteiger charge is -2.09. The van der Waals surface area contributed by atoms with E-state index in [0.717, 1.165) is 28.8 Å². The predicted octanol–water partition coefficient (Wildman–Crippen LogP) is 5.93. The number of thioether (sulfide) groups is 1. The van der Waals surface area contributed by atoms with Crippen LogP contribution in [0, 0.1) is 11.3 Å². The minimum absolute atomic E-state index is 0.0684. The van der Waals surface area contributed by atoms with Gasteiger partial charge in [-0.2, -0.15) is 5.26 Å². The lowest BCUT2D eigenvalue weighted by molar-refractivity contribution is -0.121. The van der Waals surface area contributed by atoms with E-state index in [1.54, 1.807) is 18.0 Å². The summed E-state index contributed by atoms with van der Waals surface area (Å²) in [5, 5.41) is 9.87. The quantitative estimate of drug-likeness (QED) is 0.434. The number of amidine groups is 1. The van der Waals surface area contributed by atoms with Crippen molar-refractivity contribution in [3.63, 3.8) is 0 Å². The minimum atomic E-state index is -0.0684. The molecule has 5 nitrogen and oxygen atoms in total. The number of amides is 1. The Kier molecular flexibility index (Phi) is 6.92. The number of para-hydroxylation sites is 1. The molecule has 0 spiro atoms. The topological polar surface area (TPSA) is 65.7 Å². The van der Waals surface area contributed by atoms with E-state index in [-0.39, 0.29) is 5.91 Å². The number of carbonyl (C=O) groups excluding carboxylic acids is 1. The normalized spacial score (nSPS) is 15.8. The van der Waals surface area contributed by atoms with Crippen LogP contribution in [-0.2, 0) is 17.8 Å². The minimum Gasteiger partial charge on any atom is -0.489 e. The van der Waals surface area contributed by atoms with E-state index in [1.165, 1.54) is 11.8 Å². The Morgan fingerprint density at radius 2 is 1.73 bits per heavy atom. The van der Waals surface area contributed by atoms with Crippen LogP contribution in [0.15, 0.2) is 82.7 Å². The molecule has 3 aromatic rings. The average Bonchev–Trinajstić information content (AvgIpc) is 3.11. The smallest absolute Gasteiger partial charge is 0.266 e. The van der Waals surface area contributed by atoms with Crippen LogP contribution in [0.3, 0.4) is 0 Å². The van der Waals surface area contributed by atoms with Crippen molar-refractivity contribution in [2.24, 2.45) is 4.99 Å². The van der Waals surface area contributed by atoms with Crippen LogP contribution in [0.2, 0.25) is 0 Å². The Morgan fingerprint density at radius 3 is 2.45 bits per heavy atom. The van der Waals surface area contributed by atoms with Crippen LogP contribution >= 0.6 is 11.8 Å². The van der Waals surface area contributed by atoms with Gasteiger partial charge < -0.3 is 4.74 Å². The average molecular weight is 454 g/mol. The van der Waals surface area contributed by atoms with Gasteiger partial charge in [0.25, 0.3) is 5.91 Å². The predicted molar refractivity (Wildman–Crippen MR) is 133 cm³/mol. The molecule has 0 N–H and O–H groups in total. The van der Waals surface area contributed by atoms with Gasteiger partial charge in [-0.3, -0.25) is 9.69 Å². The monoisotopic (exact) mass is 453 g/mol.